The zero-order valence-electron chi connectivity index (χ0n) is 23.4. The van der Waals surface area contributed by atoms with Gasteiger partial charge in [-0.05, 0) is 44.4 Å². The van der Waals surface area contributed by atoms with E-state index in [9.17, 15) is 0 Å². The fourth-order valence-electron chi connectivity index (χ4n) is 4.88. The highest BCUT2D eigenvalue weighted by molar-refractivity contribution is 4.98. The van der Waals surface area contributed by atoms with E-state index in [0.29, 0.717) is 0 Å². The van der Waals surface area contributed by atoms with E-state index >= 15 is 0 Å². The second-order valence-corrected chi connectivity index (χ2v) is 10.9. The SMILES string of the molecule is CCCCCCCCCCCCCCC(C)CCC#CCCCCCCCOC1CCCCO1. The van der Waals surface area contributed by atoms with Crippen LogP contribution in [0.5, 0.6) is 0 Å². The van der Waals surface area contributed by atoms with Gasteiger partial charge in [0.1, 0.15) is 0 Å². The minimum absolute atomic E-state index is 0.0799. The molecule has 2 nitrogen and oxygen atoms in total. The normalized spacial score (nSPS) is 16.8. The average molecular weight is 477 g/mol. The van der Waals surface area contributed by atoms with Crippen molar-refractivity contribution < 1.29 is 9.47 Å². The quantitative estimate of drug-likeness (QED) is 0.108. The van der Waals surface area contributed by atoms with E-state index in [2.05, 4.69) is 25.7 Å². The first kappa shape index (κ1) is 31.5. The zero-order chi connectivity index (χ0) is 24.4. The summed E-state index contributed by atoms with van der Waals surface area (Å²) in [4.78, 5) is 0. The first-order valence-corrected chi connectivity index (χ1v) is 15.5. The minimum atomic E-state index is 0.0799. The summed E-state index contributed by atoms with van der Waals surface area (Å²) in [5.41, 5.74) is 0. The van der Waals surface area contributed by atoms with Gasteiger partial charge in [0.05, 0.1) is 0 Å². The number of hydrogen-bond donors (Lipinski definition) is 0. The molecule has 1 heterocycles. The zero-order valence-corrected chi connectivity index (χ0v) is 23.4. The fourth-order valence-corrected chi connectivity index (χ4v) is 4.88. The minimum Gasteiger partial charge on any atom is -0.353 e. The molecule has 1 rings (SSSR count). The second-order valence-electron chi connectivity index (χ2n) is 10.9. The van der Waals surface area contributed by atoms with Crippen LogP contribution in [0.2, 0.25) is 0 Å². The Balaban J connectivity index is 1.75. The molecule has 1 fully saturated rings. The molecule has 2 atom stereocenters. The van der Waals surface area contributed by atoms with Gasteiger partial charge in [0, 0.05) is 26.1 Å². The Labute approximate surface area is 214 Å². The Hall–Kier alpha value is -0.520. The van der Waals surface area contributed by atoms with Gasteiger partial charge in [-0.25, -0.2) is 0 Å². The molecule has 0 saturated carbocycles. The molecule has 2 heteroatoms. The van der Waals surface area contributed by atoms with Gasteiger partial charge >= 0.3 is 0 Å². The number of unbranched alkanes of at least 4 members (excludes halogenated alkanes) is 16. The lowest BCUT2D eigenvalue weighted by atomic mass is 9.97. The van der Waals surface area contributed by atoms with E-state index in [4.69, 9.17) is 9.47 Å². The van der Waals surface area contributed by atoms with Crippen molar-refractivity contribution in [2.24, 2.45) is 5.92 Å². The number of ether oxygens (including phenoxy) is 2. The van der Waals surface area contributed by atoms with Gasteiger partial charge in [-0.15, -0.1) is 11.8 Å². The van der Waals surface area contributed by atoms with Crippen LogP contribution >= 0.6 is 0 Å². The molecule has 0 radical (unpaired) electrons. The molecule has 0 aromatic rings. The van der Waals surface area contributed by atoms with Crippen molar-refractivity contribution in [2.45, 2.75) is 174 Å². The van der Waals surface area contributed by atoms with Gasteiger partial charge in [-0.2, -0.15) is 0 Å². The highest BCUT2D eigenvalue weighted by Gasteiger charge is 2.13. The maximum Gasteiger partial charge on any atom is 0.157 e. The van der Waals surface area contributed by atoms with Gasteiger partial charge in [-0.3, -0.25) is 0 Å². The molecule has 0 amide bonds. The van der Waals surface area contributed by atoms with Crippen molar-refractivity contribution in [3.63, 3.8) is 0 Å². The third-order valence-electron chi connectivity index (χ3n) is 7.33. The van der Waals surface area contributed by atoms with Gasteiger partial charge in [-0.1, -0.05) is 117 Å². The molecule has 200 valence electrons. The highest BCUT2D eigenvalue weighted by Crippen LogP contribution is 2.17. The summed E-state index contributed by atoms with van der Waals surface area (Å²) in [6.45, 7) is 6.46. The molecule has 1 aliphatic rings. The summed E-state index contributed by atoms with van der Waals surface area (Å²) in [7, 11) is 0. The third kappa shape index (κ3) is 22.0. The van der Waals surface area contributed by atoms with Gasteiger partial charge < -0.3 is 9.47 Å². The lowest BCUT2D eigenvalue weighted by Crippen LogP contribution is -2.22. The van der Waals surface area contributed by atoms with Crippen molar-refractivity contribution in [1.29, 1.82) is 0 Å². The lowest BCUT2D eigenvalue weighted by Gasteiger charge is -2.22. The fraction of sp³-hybridized carbons (Fsp3) is 0.938. The Morgan fingerprint density at radius 2 is 1.26 bits per heavy atom. The van der Waals surface area contributed by atoms with Crippen LogP contribution in [0.25, 0.3) is 0 Å². The maximum absolute atomic E-state index is 5.80. The molecule has 1 aliphatic heterocycles. The maximum atomic E-state index is 5.80. The van der Waals surface area contributed by atoms with Crippen LogP contribution in [0.15, 0.2) is 0 Å². The van der Waals surface area contributed by atoms with Crippen LogP contribution in [-0.2, 0) is 9.47 Å². The monoisotopic (exact) mass is 476 g/mol. The summed E-state index contributed by atoms with van der Waals surface area (Å²) in [6.07, 6.45) is 32.1. The molecule has 0 aromatic carbocycles. The molecule has 0 spiro atoms. The highest BCUT2D eigenvalue weighted by atomic mass is 16.7. The number of rotatable bonds is 23. The Morgan fingerprint density at radius 3 is 1.91 bits per heavy atom. The molecule has 34 heavy (non-hydrogen) atoms. The Morgan fingerprint density at radius 1 is 0.676 bits per heavy atom. The van der Waals surface area contributed by atoms with Crippen LogP contribution in [-0.4, -0.2) is 19.5 Å². The molecular formula is C32H60O2. The van der Waals surface area contributed by atoms with E-state index in [1.165, 1.54) is 135 Å². The van der Waals surface area contributed by atoms with Gasteiger partial charge in [0.15, 0.2) is 6.29 Å². The summed E-state index contributed by atoms with van der Waals surface area (Å²) in [5.74, 6) is 7.68. The van der Waals surface area contributed by atoms with Gasteiger partial charge in [0.25, 0.3) is 0 Å². The van der Waals surface area contributed by atoms with Crippen LogP contribution in [0.1, 0.15) is 168 Å². The van der Waals surface area contributed by atoms with Crippen molar-refractivity contribution in [1.82, 2.24) is 0 Å². The van der Waals surface area contributed by atoms with Crippen molar-refractivity contribution >= 4 is 0 Å². The average Bonchev–Trinajstić information content (AvgIpc) is 2.86. The predicted molar refractivity (Wildman–Crippen MR) is 149 cm³/mol. The Bertz CT molecular complexity index is 457. The smallest absolute Gasteiger partial charge is 0.157 e. The van der Waals surface area contributed by atoms with Crippen molar-refractivity contribution in [2.75, 3.05) is 13.2 Å². The molecule has 0 aromatic heterocycles. The second kappa shape index (κ2) is 25.6. The molecular weight excluding hydrogens is 416 g/mol. The standard InChI is InChI=1S/C32H60O2/c1-3-4-5-6-7-8-9-10-12-15-18-21-26-31(2)27-22-19-16-13-11-14-17-20-24-29-33-32-28-23-25-30-34-32/h31-32H,3-15,17-18,20-30H2,1-2H3. The molecule has 0 aliphatic carbocycles. The van der Waals surface area contributed by atoms with E-state index in [1.54, 1.807) is 0 Å². The summed E-state index contributed by atoms with van der Waals surface area (Å²) in [6, 6.07) is 0. The molecule has 1 saturated heterocycles. The van der Waals surface area contributed by atoms with Crippen LogP contribution in [0.3, 0.4) is 0 Å². The Kier molecular flexibility index (Phi) is 23.7. The van der Waals surface area contributed by atoms with Crippen molar-refractivity contribution in [3.8, 4) is 11.8 Å². The topological polar surface area (TPSA) is 18.5 Å². The summed E-state index contributed by atoms with van der Waals surface area (Å²) >= 11 is 0. The number of hydrogen-bond acceptors (Lipinski definition) is 2. The van der Waals surface area contributed by atoms with E-state index in [1.807, 2.05) is 0 Å². The first-order valence-electron chi connectivity index (χ1n) is 15.5. The largest absolute Gasteiger partial charge is 0.353 e. The van der Waals surface area contributed by atoms with Crippen LogP contribution in [0.4, 0.5) is 0 Å². The third-order valence-corrected chi connectivity index (χ3v) is 7.33. The summed E-state index contributed by atoms with van der Waals surface area (Å²) < 4.78 is 11.4. The molecule has 2 unspecified atom stereocenters. The lowest BCUT2D eigenvalue weighted by molar-refractivity contribution is -0.162. The van der Waals surface area contributed by atoms with E-state index in [-0.39, 0.29) is 6.29 Å². The van der Waals surface area contributed by atoms with Crippen LogP contribution in [0, 0.1) is 17.8 Å². The molecule has 0 N–H and O–H groups in total. The molecule has 0 bridgehead atoms. The van der Waals surface area contributed by atoms with Crippen LogP contribution < -0.4 is 0 Å². The predicted octanol–water partition coefficient (Wildman–Crippen LogP) is 10.4. The van der Waals surface area contributed by atoms with E-state index < -0.39 is 0 Å². The summed E-state index contributed by atoms with van der Waals surface area (Å²) in [5, 5.41) is 0. The van der Waals surface area contributed by atoms with Gasteiger partial charge in [0.2, 0.25) is 0 Å². The van der Waals surface area contributed by atoms with E-state index in [0.717, 1.165) is 38.4 Å². The van der Waals surface area contributed by atoms with Crippen molar-refractivity contribution in [3.05, 3.63) is 0 Å². The first-order chi connectivity index (χ1) is 16.8.